The van der Waals surface area contributed by atoms with E-state index in [0.29, 0.717) is 0 Å². The third-order valence-corrected chi connectivity index (χ3v) is 5.02. The maximum Gasteiger partial charge on any atom is 0.460 e. The van der Waals surface area contributed by atoms with Gasteiger partial charge >= 0.3 is 39.5 Å². The van der Waals surface area contributed by atoms with Gasteiger partial charge in [-0.3, -0.25) is 0 Å². The summed E-state index contributed by atoms with van der Waals surface area (Å²) in [4.78, 5) is 13.0. The molecule has 0 aromatic carbocycles. The summed E-state index contributed by atoms with van der Waals surface area (Å²) in [6, 6.07) is 0. The van der Waals surface area contributed by atoms with Crippen molar-refractivity contribution in [1.82, 2.24) is 4.90 Å². The normalized spacial score (nSPS) is 17.7. The second kappa shape index (κ2) is 8.24. The lowest BCUT2D eigenvalue weighted by Gasteiger charge is -2.32. The molecule has 0 saturated carbocycles. The molecule has 1 heterocycles. The molecule has 0 spiro atoms. The van der Waals surface area contributed by atoms with Gasteiger partial charge in [-0.25, -0.2) is 4.79 Å². The maximum atomic E-state index is 13.7. The summed E-state index contributed by atoms with van der Waals surface area (Å²) in [7, 11) is -7.01. The molecule has 1 amide bonds. The van der Waals surface area contributed by atoms with Crippen LogP contribution in [0.2, 0.25) is 0 Å². The van der Waals surface area contributed by atoms with E-state index in [4.69, 9.17) is 4.74 Å². The molecule has 182 valence electrons. The van der Waals surface area contributed by atoms with E-state index in [9.17, 15) is 52.7 Å². The number of halogens is 9. The van der Waals surface area contributed by atoms with Crippen molar-refractivity contribution in [2.24, 2.45) is 0 Å². The topological polar surface area (TPSA) is 72.9 Å². The molecular weight excluding hydrogens is 477 g/mol. The molecule has 16 heteroatoms. The van der Waals surface area contributed by atoms with Crippen molar-refractivity contribution >= 4 is 16.2 Å². The van der Waals surface area contributed by atoms with Crippen molar-refractivity contribution in [3.63, 3.8) is 0 Å². The summed E-state index contributed by atoms with van der Waals surface area (Å²) < 4.78 is 148. The molecular formula is C15H18F9NO5S. The predicted molar refractivity (Wildman–Crippen MR) is 86.0 cm³/mol. The summed E-state index contributed by atoms with van der Waals surface area (Å²) in [5.74, 6) is -15.7. The summed E-state index contributed by atoms with van der Waals surface area (Å²) in [6.45, 7) is 4.04. The molecule has 0 aromatic rings. The summed E-state index contributed by atoms with van der Waals surface area (Å²) >= 11 is 0. The summed E-state index contributed by atoms with van der Waals surface area (Å²) in [6.07, 6.45) is -8.17. The number of carbonyl (C=O) groups excluding carboxylic acids is 1. The molecule has 0 aromatic heterocycles. The van der Waals surface area contributed by atoms with Gasteiger partial charge in [-0.05, 0) is 33.3 Å². The van der Waals surface area contributed by atoms with Gasteiger partial charge in [0, 0.05) is 19.5 Å². The largest absolute Gasteiger partial charge is 0.460 e. The Morgan fingerprint density at radius 1 is 0.935 bits per heavy atom. The first-order valence-corrected chi connectivity index (χ1v) is 9.79. The minimum atomic E-state index is -7.38. The predicted octanol–water partition coefficient (Wildman–Crippen LogP) is 4.67. The van der Waals surface area contributed by atoms with E-state index in [0.717, 1.165) is 11.0 Å². The van der Waals surface area contributed by atoms with Gasteiger partial charge in [0.25, 0.3) is 0 Å². The van der Waals surface area contributed by atoms with Crippen LogP contribution in [0.4, 0.5) is 44.3 Å². The van der Waals surface area contributed by atoms with E-state index in [-0.39, 0.29) is 13.0 Å². The Morgan fingerprint density at radius 2 is 1.45 bits per heavy atom. The van der Waals surface area contributed by atoms with Crippen molar-refractivity contribution in [1.29, 1.82) is 0 Å². The van der Waals surface area contributed by atoms with Crippen LogP contribution in [0.15, 0.2) is 11.8 Å². The van der Waals surface area contributed by atoms with Gasteiger partial charge in [-0.1, -0.05) is 0 Å². The first-order chi connectivity index (χ1) is 13.6. The highest BCUT2D eigenvalue weighted by Gasteiger charge is 2.86. The SMILES string of the molecule is CC(C)(C)OC(=O)N1CCC=C(OS(=O)(=O)C(F)(F)C(F)(F)C(F)(F)C(F)(F)F)CC1. The van der Waals surface area contributed by atoms with Gasteiger partial charge in [0.05, 0.1) is 0 Å². The Bertz CT molecular complexity index is 816. The zero-order valence-corrected chi connectivity index (χ0v) is 17.0. The van der Waals surface area contributed by atoms with Gasteiger partial charge in [0.15, 0.2) is 0 Å². The van der Waals surface area contributed by atoms with Crippen LogP contribution in [0.5, 0.6) is 0 Å². The van der Waals surface area contributed by atoms with Crippen molar-refractivity contribution < 1.29 is 61.6 Å². The van der Waals surface area contributed by atoms with Crippen LogP contribution in [0.3, 0.4) is 0 Å². The van der Waals surface area contributed by atoms with Crippen LogP contribution >= 0.6 is 0 Å². The highest BCUT2D eigenvalue weighted by Crippen LogP contribution is 2.55. The first-order valence-electron chi connectivity index (χ1n) is 8.38. The first kappa shape index (κ1) is 27.2. The third kappa shape index (κ3) is 5.49. The number of ether oxygens (including phenoxy) is 1. The van der Waals surface area contributed by atoms with Crippen LogP contribution in [-0.2, 0) is 19.0 Å². The van der Waals surface area contributed by atoms with E-state index < -0.39 is 63.8 Å². The number of carbonyl (C=O) groups is 1. The van der Waals surface area contributed by atoms with Crippen LogP contribution < -0.4 is 0 Å². The van der Waals surface area contributed by atoms with Crippen LogP contribution in [0.1, 0.15) is 33.6 Å². The van der Waals surface area contributed by atoms with Crippen molar-refractivity contribution in [2.45, 2.75) is 62.5 Å². The van der Waals surface area contributed by atoms with Crippen molar-refractivity contribution in [2.75, 3.05) is 13.1 Å². The number of amides is 1. The Morgan fingerprint density at radius 3 is 1.90 bits per heavy atom. The highest BCUT2D eigenvalue weighted by atomic mass is 32.2. The van der Waals surface area contributed by atoms with E-state index in [1.165, 1.54) is 20.8 Å². The van der Waals surface area contributed by atoms with Crippen LogP contribution in [0, 0.1) is 0 Å². The minimum absolute atomic E-state index is 0.138. The molecule has 0 atom stereocenters. The Labute approximate surface area is 171 Å². The van der Waals surface area contributed by atoms with Crippen LogP contribution in [0.25, 0.3) is 0 Å². The fourth-order valence-corrected chi connectivity index (χ4v) is 3.12. The molecule has 0 radical (unpaired) electrons. The number of hydrogen-bond donors (Lipinski definition) is 0. The fraction of sp³-hybridized carbons (Fsp3) is 0.800. The van der Waals surface area contributed by atoms with Crippen molar-refractivity contribution in [3.8, 4) is 0 Å². The molecule has 6 nitrogen and oxygen atoms in total. The molecule has 1 aliphatic heterocycles. The molecule has 0 fully saturated rings. The van der Waals surface area contributed by atoms with E-state index in [2.05, 4.69) is 4.18 Å². The number of hydrogen-bond acceptors (Lipinski definition) is 5. The maximum absolute atomic E-state index is 13.7. The number of rotatable bonds is 5. The average Bonchev–Trinajstić information content (AvgIpc) is 2.76. The average molecular weight is 495 g/mol. The Balaban J connectivity index is 3.04. The van der Waals surface area contributed by atoms with Gasteiger partial charge in [-0.2, -0.15) is 47.9 Å². The van der Waals surface area contributed by atoms with Gasteiger partial charge in [-0.15, -0.1) is 0 Å². The van der Waals surface area contributed by atoms with Crippen molar-refractivity contribution in [3.05, 3.63) is 11.8 Å². The molecule has 0 unspecified atom stereocenters. The van der Waals surface area contributed by atoms with E-state index in [1.807, 2.05) is 0 Å². The zero-order chi connectivity index (χ0) is 24.7. The standard InChI is InChI=1S/C15H18F9NO5S/c1-11(2,3)29-10(26)25-7-4-5-9(6-8-25)30-31(27,28)15(23,24)13(18,19)12(16,17)14(20,21)22/h5H,4,6-8H2,1-3H3. The third-order valence-electron chi connectivity index (χ3n) is 3.70. The molecule has 1 rings (SSSR count). The monoisotopic (exact) mass is 495 g/mol. The lowest BCUT2D eigenvalue weighted by molar-refractivity contribution is -0.382. The molecule has 0 bridgehead atoms. The van der Waals surface area contributed by atoms with Crippen LogP contribution in [-0.4, -0.2) is 61.4 Å². The quantitative estimate of drug-likeness (QED) is 0.410. The molecule has 31 heavy (non-hydrogen) atoms. The lowest BCUT2D eigenvalue weighted by Crippen LogP contribution is -2.63. The minimum Gasteiger partial charge on any atom is -0.444 e. The highest BCUT2D eigenvalue weighted by molar-refractivity contribution is 7.88. The van der Waals surface area contributed by atoms with Gasteiger partial charge in [0.2, 0.25) is 0 Å². The summed E-state index contributed by atoms with van der Waals surface area (Å²) in [5.41, 5.74) is -0.920. The van der Waals surface area contributed by atoms with E-state index >= 15 is 0 Å². The molecule has 1 aliphatic rings. The number of alkyl halides is 9. The lowest BCUT2D eigenvalue weighted by atomic mass is 10.1. The van der Waals surface area contributed by atoms with Gasteiger partial charge < -0.3 is 13.8 Å². The molecule has 0 aliphatic carbocycles. The zero-order valence-electron chi connectivity index (χ0n) is 16.2. The van der Waals surface area contributed by atoms with E-state index in [1.54, 1.807) is 0 Å². The summed E-state index contributed by atoms with van der Waals surface area (Å²) in [5, 5.41) is -6.95. The fourth-order valence-electron chi connectivity index (χ4n) is 2.14. The molecule has 0 saturated heterocycles. The second-order valence-corrected chi connectivity index (χ2v) is 8.96. The molecule has 0 N–H and O–H groups in total. The second-order valence-electron chi connectivity index (χ2n) is 7.38. The Hall–Kier alpha value is -1.87. The Kier molecular flexibility index (Phi) is 7.22. The smallest absolute Gasteiger partial charge is 0.444 e. The number of nitrogens with zero attached hydrogens (tertiary/aromatic N) is 1. The van der Waals surface area contributed by atoms with Gasteiger partial charge in [0.1, 0.15) is 11.4 Å².